The van der Waals surface area contributed by atoms with Crippen LogP contribution in [0.5, 0.6) is 0 Å². The Bertz CT molecular complexity index is 637. The van der Waals surface area contributed by atoms with Gasteiger partial charge in [-0.2, -0.15) is 14.6 Å². The van der Waals surface area contributed by atoms with Crippen LogP contribution in [0.1, 0.15) is 11.3 Å². The molecule has 3 rings (SSSR count). The van der Waals surface area contributed by atoms with Gasteiger partial charge in [-0.05, 0) is 13.8 Å². The summed E-state index contributed by atoms with van der Waals surface area (Å²) in [5.41, 5.74) is 2.01. The van der Waals surface area contributed by atoms with Crippen molar-refractivity contribution in [2.24, 2.45) is 0 Å². The number of hydrogen-bond acceptors (Lipinski definition) is 4. The molecule has 6 nitrogen and oxygen atoms in total. The van der Waals surface area contributed by atoms with Crippen molar-refractivity contribution in [3.8, 4) is 5.82 Å². The summed E-state index contributed by atoms with van der Waals surface area (Å²) < 4.78 is 3.62. The second kappa shape index (κ2) is 3.13. The van der Waals surface area contributed by atoms with Crippen molar-refractivity contribution in [3.05, 3.63) is 36.3 Å². The van der Waals surface area contributed by atoms with Crippen molar-refractivity contribution in [2.45, 2.75) is 13.8 Å². The molecule has 0 aromatic carbocycles. The van der Waals surface area contributed by atoms with Gasteiger partial charge in [-0.25, -0.2) is 9.97 Å². The van der Waals surface area contributed by atoms with Gasteiger partial charge in [-0.1, -0.05) is 0 Å². The van der Waals surface area contributed by atoms with Gasteiger partial charge in [0.1, 0.15) is 18.5 Å². The van der Waals surface area contributed by atoms with Gasteiger partial charge in [0.05, 0.1) is 0 Å². The van der Waals surface area contributed by atoms with Gasteiger partial charge in [0.15, 0.2) is 0 Å². The number of rotatable bonds is 1. The van der Waals surface area contributed by atoms with E-state index in [4.69, 9.17) is 0 Å². The minimum Gasteiger partial charge on any atom is -0.290 e. The van der Waals surface area contributed by atoms with Gasteiger partial charge in [0, 0.05) is 23.7 Å². The lowest BCUT2D eigenvalue weighted by molar-refractivity contribution is 0.832. The molecule has 0 atom stereocenters. The summed E-state index contributed by atoms with van der Waals surface area (Å²) in [6.07, 6.45) is 6.85. The van der Waals surface area contributed by atoms with Crippen LogP contribution in [0.2, 0.25) is 0 Å². The number of nitrogens with zero attached hydrogens (tertiary/aromatic N) is 6. The summed E-state index contributed by atoms with van der Waals surface area (Å²) in [5.74, 6) is 1.53. The van der Waals surface area contributed by atoms with Crippen LogP contribution >= 0.6 is 0 Å². The first-order chi connectivity index (χ1) is 7.77. The van der Waals surface area contributed by atoms with Crippen molar-refractivity contribution in [1.29, 1.82) is 0 Å². The molecule has 0 saturated carbocycles. The first-order valence-electron chi connectivity index (χ1n) is 4.92. The SMILES string of the molecule is Cc1nc2ncnn2c(-n2ccnc2)c1C. The van der Waals surface area contributed by atoms with E-state index in [-0.39, 0.29) is 0 Å². The normalized spacial score (nSPS) is 11.1. The summed E-state index contributed by atoms with van der Waals surface area (Å²) in [5, 5.41) is 4.17. The molecule has 3 aromatic rings. The minimum atomic E-state index is 0.604. The second-order valence-corrected chi connectivity index (χ2v) is 3.59. The van der Waals surface area contributed by atoms with Crippen LogP contribution in [-0.2, 0) is 0 Å². The highest BCUT2D eigenvalue weighted by atomic mass is 15.4. The molecular formula is C10H10N6. The molecule has 0 fully saturated rings. The molecular weight excluding hydrogens is 204 g/mol. The lowest BCUT2D eigenvalue weighted by atomic mass is 10.2. The molecule has 0 N–H and O–H groups in total. The van der Waals surface area contributed by atoms with Gasteiger partial charge in [-0.3, -0.25) is 4.57 Å². The van der Waals surface area contributed by atoms with Gasteiger partial charge >= 0.3 is 0 Å². The van der Waals surface area contributed by atoms with Crippen LogP contribution in [0.25, 0.3) is 11.6 Å². The summed E-state index contributed by atoms with van der Waals surface area (Å²) in [6, 6.07) is 0. The molecule has 0 unspecified atom stereocenters. The first kappa shape index (κ1) is 9.02. The predicted octanol–water partition coefficient (Wildman–Crippen LogP) is 0.927. The molecule has 6 heteroatoms. The van der Waals surface area contributed by atoms with Gasteiger partial charge < -0.3 is 0 Å². The molecule has 0 aliphatic heterocycles. The molecule has 80 valence electrons. The van der Waals surface area contributed by atoms with Crippen molar-refractivity contribution in [2.75, 3.05) is 0 Å². The Morgan fingerprint density at radius 2 is 2.12 bits per heavy atom. The Morgan fingerprint density at radius 3 is 2.88 bits per heavy atom. The Kier molecular flexibility index (Phi) is 1.76. The number of aromatic nitrogens is 6. The van der Waals surface area contributed by atoms with Crippen LogP contribution in [0.3, 0.4) is 0 Å². The zero-order valence-corrected chi connectivity index (χ0v) is 8.99. The summed E-state index contributed by atoms with van der Waals surface area (Å²) in [4.78, 5) is 12.5. The van der Waals surface area contributed by atoms with E-state index in [1.54, 1.807) is 17.0 Å². The highest BCUT2D eigenvalue weighted by molar-refractivity contribution is 5.44. The molecule has 0 aliphatic rings. The second-order valence-electron chi connectivity index (χ2n) is 3.59. The molecule has 0 bridgehead atoms. The van der Waals surface area contributed by atoms with Crippen molar-refractivity contribution < 1.29 is 0 Å². The molecule has 16 heavy (non-hydrogen) atoms. The van der Waals surface area contributed by atoms with E-state index in [0.717, 1.165) is 17.1 Å². The maximum absolute atomic E-state index is 4.36. The number of fused-ring (bicyclic) bond motifs is 1. The van der Waals surface area contributed by atoms with E-state index >= 15 is 0 Å². The molecule has 0 radical (unpaired) electrons. The average molecular weight is 214 g/mol. The van der Waals surface area contributed by atoms with Crippen LogP contribution in [-0.4, -0.2) is 29.1 Å². The van der Waals surface area contributed by atoms with Crippen LogP contribution in [0, 0.1) is 13.8 Å². The Balaban J connectivity index is 2.45. The zero-order chi connectivity index (χ0) is 11.1. The van der Waals surface area contributed by atoms with Crippen LogP contribution in [0.15, 0.2) is 25.0 Å². The Labute approximate surface area is 91.6 Å². The minimum absolute atomic E-state index is 0.604. The van der Waals surface area contributed by atoms with Crippen molar-refractivity contribution in [3.63, 3.8) is 0 Å². The molecule has 3 heterocycles. The van der Waals surface area contributed by atoms with Crippen molar-refractivity contribution >= 4 is 5.78 Å². The fourth-order valence-electron chi connectivity index (χ4n) is 1.70. The number of aryl methyl sites for hydroxylation is 1. The summed E-state index contributed by atoms with van der Waals surface area (Å²) >= 11 is 0. The maximum Gasteiger partial charge on any atom is 0.254 e. The van der Waals surface area contributed by atoms with Gasteiger partial charge in [0.2, 0.25) is 0 Å². The highest BCUT2D eigenvalue weighted by Crippen LogP contribution is 2.16. The third kappa shape index (κ3) is 1.13. The Morgan fingerprint density at radius 1 is 1.25 bits per heavy atom. The highest BCUT2D eigenvalue weighted by Gasteiger charge is 2.11. The zero-order valence-electron chi connectivity index (χ0n) is 8.99. The molecule has 0 aliphatic carbocycles. The predicted molar refractivity (Wildman–Crippen MR) is 57.4 cm³/mol. The average Bonchev–Trinajstić information content (AvgIpc) is 2.89. The fraction of sp³-hybridized carbons (Fsp3) is 0.200. The lowest BCUT2D eigenvalue weighted by Crippen LogP contribution is -2.08. The fourth-order valence-corrected chi connectivity index (χ4v) is 1.70. The third-order valence-electron chi connectivity index (χ3n) is 2.63. The topological polar surface area (TPSA) is 60.9 Å². The van der Waals surface area contributed by atoms with Crippen LogP contribution in [0.4, 0.5) is 0 Å². The molecule has 0 amide bonds. The summed E-state index contributed by atoms with van der Waals surface area (Å²) in [6.45, 7) is 3.98. The van der Waals surface area contributed by atoms with E-state index < -0.39 is 0 Å². The molecule has 0 spiro atoms. The van der Waals surface area contributed by atoms with E-state index in [2.05, 4.69) is 20.1 Å². The quantitative estimate of drug-likeness (QED) is 0.604. The first-order valence-corrected chi connectivity index (χ1v) is 4.92. The van der Waals surface area contributed by atoms with Crippen molar-refractivity contribution in [1.82, 2.24) is 29.1 Å². The van der Waals surface area contributed by atoms with Gasteiger partial charge in [0.25, 0.3) is 5.78 Å². The third-order valence-corrected chi connectivity index (χ3v) is 2.63. The van der Waals surface area contributed by atoms with Gasteiger partial charge in [-0.15, -0.1) is 0 Å². The standard InChI is InChI=1S/C10H10N6/c1-7-8(2)14-10-12-5-13-16(10)9(7)15-4-3-11-6-15/h3-6H,1-2H3. The van der Waals surface area contributed by atoms with E-state index in [1.165, 1.54) is 6.33 Å². The number of hydrogen-bond donors (Lipinski definition) is 0. The van der Waals surface area contributed by atoms with Crippen LogP contribution < -0.4 is 0 Å². The van der Waals surface area contributed by atoms with E-state index in [1.807, 2.05) is 24.6 Å². The summed E-state index contributed by atoms with van der Waals surface area (Å²) in [7, 11) is 0. The lowest BCUT2D eigenvalue weighted by Gasteiger charge is -2.09. The smallest absolute Gasteiger partial charge is 0.254 e. The number of imidazole rings is 1. The Hall–Kier alpha value is -2.24. The van der Waals surface area contributed by atoms with E-state index in [9.17, 15) is 0 Å². The maximum atomic E-state index is 4.36. The largest absolute Gasteiger partial charge is 0.290 e. The molecule has 3 aromatic heterocycles. The monoisotopic (exact) mass is 214 g/mol. The molecule has 0 saturated heterocycles. The van der Waals surface area contributed by atoms with E-state index in [0.29, 0.717) is 5.78 Å².